The molecule has 0 spiro atoms. The number of aromatic amines is 1. The maximum Gasteiger partial charge on any atom is 0.267 e. The van der Waals surface area contributed by atoms with Crippen LogP contribution < -0.4 is 5.32 Å². The molecule has 2 aliphatic carbocycles. The zero-order valence-corrected chi connectivity index (χ0v) is 12.4. The molecule has 2 N–H and O–H groups in total. The van der Waals surface area contributed by atoms with Crippen molar-refractivity contribution < 1.29 is 4.79 Å². The fraction of sp³-hybridized carbons (Fsp3) is 0.500. The summed E-state index contributed by atoms with van der Waals surface area (Å²) in [5.41, 5.74) is 1.70. The molecule has 2 saturated carbocycles. The van der Waals surface area contributed by atoms with Gasteiger partial charge in [-0.2, -0.15) is 0 Å². The smallest absolute Gasteiger partial charge is 0.267 e. The van der Waals surface area contributed by atoms with E-state index in [-0.39, 0.29) is 11.9 Å². The van der Waals surface area contributed by atoms with Crippen LogP contribution in [0.3, 0.4) is 0 Å². The summed E-state index contributed by atoms with van der Waals surface area (Å²) in [6, 6.07) is 10.2. The molecule has 0 radical (unpaired) electrons. The second kappa shape index (κ2) is 4.90. The highest BCUT2D eigenvalue weighted by molar-refractivity contribution is 5.98. The van der Waals surface area contributed by atoms with E-state index in [1.165, 1.54) is 25.7 Å². The summed E-state index contributed by atoms with van der Waals surface area (Å²) >= 11 is 0. The summed E-state index contributed by atoms with van der Waals surface area (Å²) in [5, 5.41) is 4.31. The van der Waals surface area contributed by atoms with Gasteiger partial charge in [-0.05, 0) is 56.1 Å². The quantitative estimate of drug-likeness (QED) is 0.885. The van der Waals surface area contributed by atoms with Crippen LogP contribution in [0.25, 0.3) is 10.9 Å². The lowest BCUT2D eigenvalue weighted by Gasteiger charge is -2.28. The number of hydrogen-bond donors (Lipinski definition) is 2. The van der Waals surface area contributed by atoms with Gasteiger partial charge in [-0.3, -0.25) is 4.79 Å². The Bertz CT molecular complexity index is 642. The molecule has 4 rings (SSSR count). The van der Waals surface area contributed by atoms with Crippen LogP contribution in [0.2, 0.25) is 0 Å². The van der Waals surface area contributed by atoms with Crippen LogP contribution in [0.4, 0.5) is 0 Å². The Morgan fingerprint density at radius 2 is 2.14 bits per heavy atom. The number of hydrogen-bond acceptors (Lipinski definition) is 1. The molecule has 4 unspecified atom stereocenters. The van der Waals surface area contributed by atoms with Gasteiger partial charge >= 0.3 is 0 Å². The molecule has 2 bridgehead atoms. The van der Waals surface area contributed by atoms with Crippen LogP contribution in [0.5, 0.6) is 0 Å². The minimum Gasteiger partial charge on any atom is -0.351 e. The molecule has 0 aliphatic heterocycles. The third-order valence-electron chi connectivity index (χ3n) is 5.57. The van der Waals surface area contributed by atoms with Crippen molar-refractivity contribution >= 4 is 16.8 Å². The summed E-state index contributed by atoms with van der Waals surface area (Å²) in [5.74, 6) is 2.47. The van der Waals surface area contributed by atoms with Crippen molar-refractivity contribution in [3.8, 4) is 0 Å². The number of para-hydroxylation sites is 1. The van der Waals surface area contributed by atoms with Gasteiger partial charge in [-0.25, -0.2) is 0 Å². The van der Waals surface area contributed by atoms with Crippen LogP contribution in [-0.4, -0.2) is 16.9 Å². The molecule has 1 aromatic carbocycles. The highest BCUT2D eigenvalue weighted by Gasteiger charge is 2.42. The monoisotopic (exact) mass is 282 g/mol. The van der Waals surface area contributed by atoms with Crippen molar-refractivity contribution in [3.63, 3.8) is 0 Å². The Morgan fingerprint density at radius 1 is 1.29 bits per heavy atom. The normalized spacial score (nSPS) is 28.9. The van der Waals surface area contributed by atoms with Crippen molar-refractivity contribution in [3.05, 3.63) is 36.0 Å². The fourth-order valence-electron chi connectivity index (χ4n) is 4.49. The summed E-state index contributed by atoms with van der Waals surface area (Å²) in [7, 11) is 0. The van der Waals surface area contributed by atoms with Crippen molar-refractivity contribution in [2.24, 2.45) is 17.8 Å². The number of amides is 1. The topological polar surface area (TPSA) is 44.9 Å². The van der Waals surface area contributed by atoms with Crippen molar-refractivity contribution in [2.75, 3.05) is 0 Å². The molecular formula is C18H22N2O. The third-order valence-corrected chi connectivity index (χ3v) is 5.57. The van der Waals surface area contributed by atoms with Crippen molar-refractivity contribution in [2.45, 2.75) is 38.6 Å². The Balaban J connectivity index is 1.47. The van der Waals surface area contributed by atoms with Crippen molar-refractivity contribution in [1.82, 2.24) is 10.3 Å². The number of carbonyl (C=O) groups is 1. The van der Waals surface area contributed by atoms with Gasteiger partial charge in [0, 0.05) is 16.9 Å². The second-order valence-electron chi connectivity index (χ2n) is 6.87. The zero-order valence-electron chi connectivity index (χ0n) is 12.4. The molecule has 0 saturated heterocycles. The van der Waals surface area contributed by atoms with Gasteiger partial charge in [-0.1, -0.05) is 24.6 Å². The maximum absolute atomic E-state index is 12.4. The molecule has 2 aliphatic rings. The maximum atomic E-state index is 12.4. The van der Waals surface area contributed by atoms with Gasteiger partial charge < -0.3 is 10.3 Å². The molecule has 1 aromatic heterocycles. The Labute approximate surface area is 125 Å². The second-order valence-corrected chi connectivity index (χ2v) is 6.87. The van der Waals surface area contributed by atoms with E-state index >= 15 is 0 Å². The number of fused-ring (bicyclic) bond motifs is 3. The van der Waals surface area contributed by atoms with E-state index in [0.717, 1.165) is 22.7 Å². The summed E-state index contributed by atoms with van der Waals surface area (Å²) in [6.45, 7) is 2.17. The van der Waals surface area contributed by atoms with Crippen molar-refractivity contribution in [1.29, 1.82) is 0 Å². The van der Waals surface area contributed by atoms with E-state index in [1.807, 2.05) is 30.3 Å². The van der Waals surface area contributed by atoms with Crippen LogP contribution in [0.15, 0.2) is 30.3 Å². The first-order valence-corrected chi connectivity index (χ1v) is 8.09. The number of carbonyl (C=O) groups excluding carboxylic acids is 1. The highest BCUT2D eigenvalue weighted by atomic mass is 16.1. The van der Waals surface area contributed by atoms with E-state index < -0.39 is 0 Å². The van der Waals surface area contributed by atoms with Gasteiger partial charge in [0.2, 0.25) is 0 Å². The molecule has 1 amide bonds. The molecular weight excluding hydrogens is 260 g/mol. The lowest BCUT2D eigenvalue weighted by atomic mass is 9.84. The van der Waals surface area contributed by atoms with Gasteiger partial charge in [0.05, 0.1) is 0 Å². The number of aromatic nitrogens is 1. The average molecular weight is 282 g/mol. The first-order valence-electron chi connectivity index (χ1n) is 8.09. The van der Waals surface area contributed by atoms with Gasteiger partial charge in [0.15, 0.2) is 0 Å². The van der Waals surface area contributed by atoms with Crippen LogP contribution >= 0.6 is 0 Å². The first-order chi connectivity index (χ1) is 10.2. The lowest BCUT2D eigenvalue weighted by Crippen LogP contribution is -2.40. The van der Waals surface area contributed by atoms with Crippen LogP contribution in [0, 0.1) is 17.8 Å². The van der Waals surface area contributed by atoms with Crippen LogP contribution in [-0.2, 0) is 0 Å². The summed E-state index contributed by atoms with van der Waals surface area (Å²) in [6.07, 6.45) is 5.46. The fourth-order valence-corrected chi connectivity index (χ4v) is 4.49. The molecule has 21 heavy (non-hydrogen) atoms. The largest absolute Gasteiger partial charge is 0.351 e. The van der Waals surface area contributed by atoms with E-state index in [2.05, 4.69) is 17.2 Å². The Morgan fingerprint density at radius 3 is 2.86 bits per heavy atom. The number of benzene rings is 1. The van der Waals surface area contributed by atoms with Gasteiger partial charge in [0.1, 0.15) is 5.69 Å². The number of rotatable bonds is 3. The molecule has 2 fully saturated rings. The van der Waals surface area contributed by atoms with E-state index in [1.54, 1.807) is 0 Å². The lowest BCUT2D eigenvalue weighted by molar-refractivity contribution is 0.0911. The SMILES string of the molecule is CC(NC(=O)c1cc2ccccc2[nH]1)C1CC2CCC1C2. The standard InChI is InChI=1S/C18H22N2O/c1-11(15-9-12-6-7-13(15)8-12)19-18(21)17-10-14-4-2-3-5-16(14)20-17/h2-5,10-13,15,20H,6-9H2,1H3,(H,19,21). The van der Waals surface area contributed by atoms with Crippen LogP contribution in [0.1, 0.15) is 43.1 Å². The molecule has 4 atom stereocenters. The third kappa shape index (κ3) is 2.25. The predicted octanol–water partition coefficient (Wildman–Crippen LogP) is 3.72. The minimum atomic E-state index is 0.0291. The number of nitrogens with one attached hydrogen (secondary N) is 2. The summed E-state index contributed by atoms with van der Waals surface area (Å²) in [4.78, 5) is 15.7. The first kappa shape index (κ1) is 12.9. The van der Waals surface area contributed by atoms with E-state index in [4.69, 9.17) is 0 Å². The molecule has 2 aromatic rings. The Hall–Kier alpha value is -1.77. The molecule has 110 valence electrons. The predicted molar refractivity (Wildman–Crippen MR) is 84.2 cm³/mol. The van der Waals surface area contributed by atoms with E-state index in [0.29, 0.717) is 11.6 Å². The molecule has 1 heterocycles. The Kier molecular flexibility index (Phi) is 3.02. The average Bonchev–Trinajstić information content (AvgIpc) is 3.21. The highest BCUT2D eigenvalue weighted by Crippen LogP contribution is 2.49. The van der Waals surface area contributed by atoms with Gasteiger partial charge in [-0.15, -0.1) is 0 Å². The molecule has 3 heteroatoms. The zero-order chi connectivity index (χ0) is 14.4. The minimum absolute atomic E-state index is 0.0291. The van der Waals surface area contributed by atoms with E-state index in [9.17, 15) is 4.79 Å². The number of H-pyrrole nitrogens is 1. The van der Waals surface area contributed by atoms with Gasteiger partial charge in [0.25, 0.3) is 5.91 Å². The molecule has 3 nitrogen and oxygen atoms in total. The summed E-state index contributed by atoms with van der Waals surface area (Å²) < 4.78 is 0.